The number of hydrogen-bond donors (Lipinski definition) is 2. The van der Waals surface area contributed by atoms with Gasteiger partial charge in [-0.25, -0.2) is 9.97 Å². The van der Waals surface area contributed by atoms with E-state index >= 15 is 0 Å². The second-order valence-corrected chi connectivity index (χ2v) is 4.18. The Bertz CT molecular complexity index is 749. The largest absolute Gasteiger partial charge is 0.481 e. The number of fused-ring (bicyclic) bond motifs is 1. The molecule has 2 aromatic heterocycles. The molecule has 0 aliphatic heterocycles. The lowest BCUT2D eigenvalue weighted by Gasteiger charge is -2.01. The Hall–Kier alpha value is -2.69. The summed E-state index contributed by atoms with van der Waals surface area (Å²) in [5, 5.41) is 9.83. The van der Waals surface area contributed by atoms with Gasteiger partial charge in [0.1, 0.15) is 12.2 Å². The Morgan fingerprint density at radius 3 is 2.95 bits per heavy atom. The molecule has 3 rings (SSSR count). The van der Waals surface area contributed by atoms with Crippen molar-refractivity contribution in [2.45, 2.75) is 6.42 Å². The summed E-state index contributed by atoms with van der Waals surface area (Å²) in [6, 6.07) is 9.68. The number of benzene rings is 1. The minimum atomic E-state index is -0.934. The Morgan fingerprint density at radius 1 is 1.26 bits per heavy atom. The summed E-state index contributed by atoms with van der Waals surface area (Å²) in [4.78, 5) is 22.1. The molecule has 5 nitrogen and oxygen atoms in total. The molecule has 0 aliphatic carbocycles. The average Bonchev–Trinajstić information content (AvgIpc) is 2.82. The number of carboxylic acid groups (broad SMARTS) is 1. The van der Waals surface area contributed by atoms with Gasteiger partial charge in [-0.3, -0.25) is 4.79 Å². The fourth-order valence-electron chi connectivity index (χ4n) is 2.05. The van der Waals surface area contributed by atoms with E-state index in [9.17, 15) is 4.79 Å². The van der Waals surface area contributed by atoms with Gasteiger partial charge in [0.2, 0.25) is 0 Å². The van der Waals surface area contributed by atoms with E-state index in [1.807, 2.05) is 30.5 Å². The molecule has 0 saturated carbocycles. The number of para-hydroxylation sites is 1. The zero-order chi connectivity index (χ0) is 13.2. The van der Waals surface area contributed by atoms with E-state index in [0.29, 0.717) is 5.82 Å². The summed E-state index contributed by atoms with van der Waals surface area (Å²) in [6.07, 6.45) is 3.29. The fraction of sp³-hybridized carbons (Fsp3) is 0.0714. The van der Waals surface area contributed by atoms with Crippen molar-refractivity contribution < 1.29 is 9.90 Å². The average molecular weight is 253 g/mol. The van der Waals surface area contributed by atoms with Crippen LogP contribution in [-0.4, -0.2) is 26.0 Å². The van der Waals surface area contributed by atoms with Gasteiger partial charge in [-0.15, -0.1) is 0 Å². The van der Waals surface area contributed by atoms with Gasteiger partial charge in [0.15, 0.2) is 0 Å². The molecule has 2 heterocycles. The molecule has 94 valence electrons. The van der Waals surface area contributed by atoms with E-state index in [1.54, 1.807) is 12.3 Å². The molecule has 2 N–H and O–H groups in total. The van der Waals surface area contributed by atoms with Crippen LogP contribution in [0.2, 0.25) is 0 Å². The minimum Gasteiger partial charge on any atom is -0.481 e. The molecule has 0 aliphatic rings. The lowest BCUT2D eigenvalue weighted by molar-refractivity contribution is -0.136. The molecular formula is C14H11N3O2. The van der Waals surface area contributed by atoms with Gasteiger partial charge in [0.25, 0.3) is 0 Å². The lowest BCUT2D eigenvalue weighted by atomic mass is 10.1. The number of hydrogen-bond acceptors (Lipinski definition) is 3. The molecule has 0 radical (unpaired) electrons. The maximum Gasteiger partial charge on any atom is 0.311 e. The van der Waals surface area contributed by atoms with Crippen molar-refractivity contribution >= 4 is 16.9 Å². The molecule has 0 bridgehead atoms. The summed E-state index contributed by atoms with van der Waals surface area (Å²) in [5.74, 6) is -0.619. The maximum atomic E-state index is 10.7. The highest BCUT2D eigenvalue weighted by molar-refractivity contribution is 5.94. The van der Waals surface area contributed by atoms with Gasteiger partial charge in [0.05, 0.1) is 5.69 Å². The van der Waals surface area contributed by atoms with Gasteiger partial charge in [-0.05, 0) is 12.1 Å². The standard InChI is InChI=1S/C14H11N3O2/c18-14(19)7-13-15-6-5-12(17-13)10-8-16-11-4-2-1-3-9(10)11/h1-6,8,16H,7H2,(H,18,19). The summed E-state index contributed by atoms with van der Waals surface area (Å²) in [5.41, 5.74) is 2.70. The molecule has 0 spiro atoms. The topological polar surface area (TPSA) is 78.9 Å². The van der Waals surface area contributed by atoms with Crippen molar-refractivity contribution in [3.8, 4) is 11.3 Å². The van der Waals surface area contributed by atoms with E-state index < -0.39 is 5.97 Å². The SMILES string of the molecule is O=C(O)Cc1nccc(-c2c[nH]c3ccccc23)n1. The van der Waals surface area contributed by atoms with Crippen LogP contribution in [0, 0.1) is 0 Å². The number of aliphatic carboxylic acids is 1. The third kappa shape index (κ3) is 2.18. The van der Waals surface area contributed by atoms with Gasteiger partial charge in [0, 0.05) is 28.9 Å². The van der Waals surface area contributed by atoms with Gasteiger partial charge in [-0.1, -0.05) is 18.2 Å². The number of rotatable bonds is 3. The minimum absolute atomic E-state index is 0.170. The summed E-state index contributed by atoms with van der Waals surface area (Å²) in [7, 11) is 0. The van der Waals surface area contributed by atoms with Crippen molar-refractivity contribution in [3.63, 3.8) is 0 Å². The number of nitrogens with one attached hydrogen (secondary N) is 1. The van der Waals surface area contributed by atoms with Crippen LogP contribution in [0.15, 0.2) is 42.7 Å². The van der Waals surface area contributed by atoms with Crippen LogP contribution < -0.4 is 0 Å². The summed E-state index contributed by atoms with van der Waals surface area (Å²) in [6.45, 7) is 0. The molecule has 3 aromatic rings. The van der Waals surface area contributed by atoms with E-state index in [1.165, 1.54) is 0 Å². The van der Waals surface area contributed by atoms with Crippen LogP contribution in [0.1, 0.15) is 5.82 Å². The fourth-order valence-corrected chi connectivity index (χ4v) is 2.05. The molecule has 0 unspecified atom stereocenters. The Morgan fingerprint density at radius 2 is 2.11 bits per heavy atom. The second kappa shape index (κ2) is 4.53. The van der Waals surface area contributed by atoms with Crippen LogP contribution in [0.5, 0.6) is 0 Å². The lowest BCUT2D eigenvalue weighted by Crippen LogP contribution is -2.05. The van der Waals surface area contributed by atoms with Crippen LogP contribution in [0.4, 0.5) is 0 Å². The van der Waals surface area contributed by atoms with Crippen LogP contribution in [0.25, 0.3) is 22.2 Å². The smallest absolute Gasteiger partial charge is 0.311 e. The quantitative estimate of drug-likeness (QED) is 0.750. The van der Waals surface area contributed by atoms with Crippen molar-refractivity contribution in [2.24, 2.45) is 0 Å². The number of H-pyrrole nitrogens is 1. The van der Waals surface area contributed by atoms with Crippen molar-refractivity contribution in [2.75, 3.05) is 0 Å². The monoisotopic (exact) mass is 253 g/mol. The van der Waals surface area contributed by atoms with Crippen molar-refractivity contribution in [1.82, 2.24) is 15.0 Å². The highest BCUT2D eigenvalue weighted by Gasteiger charge is 2.09. The summed E-state index contributed by atoms with van der Waals surface area (Å²) >= 11 is 0. The van der Waals surface area contributed by atoms with Crippen molar-refractivity contribution in [3.05, 3.63) is 48.5 Å². The van der Waals surface area contributed by atoms with Crippen LogP contribution in [0.3, 0.4) is 0 Å². The zero-order valence-corrected chi connectivity index (χ0v) is 10.00. The molecule has 0 fully saturated rings. The third-order valence-electron chi connectivity index (χ3n) is 2.88. The third-order valence-corrected chi connectivity index (χ3v) is 2.88. The maximum absolute atomic E-state index is 10.7. The first-order chi connectivity index (χ1) is 9.24. The molecule has 5 heteroatoms. The van der Waals surface area contributed by atoms with Crippen LogP contribution in [-0.2, 0) is 11.2 Å². The normalized spacial score (nSPS) is 10.7. The Balaban J connectivity index is 2.09. The number of carbonyl (C=O) groups is 1. The molecule has 1 aromatic carbocycles. The highest BCUT2D eigenvalue weighted by atomic mass is 16.4. The number of aromatic amines is 1. The van der Waals surface area contributed by atoms with E-state index in [0.717, 1.165) is 22.2 Å². The van der Waals surface area contributed by atoms with E-state index in [-0.39, 0.29) is 6.42 Å². The Kier molecular flexibility index (Phi) is 2.72. The summed E-state index contributed by atoms with van der Waals surface area (Å²) < 4.78 is 0. The van der Waals surface area contributed by atoms with Crippen molar-refractivity contribution in [1.29, 1.82) is 0 Å². The Labute approximate surface area is 109 Å². The number of aromatic nitrogens is 3. The molecule has 0 atom stereocenters. The van der Waals surface area contributed by atoms with Gasteiger partial charge < -0.3 is 10.1 Å². The van der Waals surface area contributed by atoms with Crippen LogP contribution >= 0.6 is 0 Å². The number of carboxylic acids is 1. The molecule has 19 heavy (non-hydrogen) atoms. The van der Waals surface area contributed by atoms with Gasteiger partial charge in [-0.2, -0.15) is 0 Å². The first kappa shape index (κ1) is 11.4. The van der Waals surface area contributed by atoms with E-state index in [4.69, 9.17) is 5.11 Å². The predicted octanol–water partition coefficient (Wildman–Crippen LogP) is 2.25. The first-order valence-corrected chi connectivity index (χ1v) is 5.84. The predicted molar refractivity (Wildman–Crippen MR) is 70.7 cm³/mol. The molecular weight excluding hydrogens is 242 g/mol. The second-order valence-electron chi connectivity index (χ2n) is 4.18. The molecule has 0 amide bonds. The van der Waals surface area contributed by atoms with Gasteiger partial charge >= 0.3 is 5.97 Å². The first-order valence-electron chi connectivity index (χ1n) is 5.84. The van der Waals surface area contributed by atoms with E-state index in [2.05, 4.69) is 15.0 Å². The zero-order valence-electron chi connectivity index (χ0n) is 10.00. The molecule has 0 saturated heterocycles. The highest BCUT2D eigenvalue weighted by Crippen LogP contribution is 2.26. The number of nitrogens with zero attached hydrogens (tertiary/aromatic N) is 2.